The smallest absolute Gasteiger partial charge is 0.121 e. The molecule has 0 radical (unpaired) electrons. The van der Waals surface area contributed by atoms with E-state index in [-0.39, 0.29) is 0 Å². The maximum atomic E-state index is 9.85. The third-order valence-corrected chi connectivity index (χ3v) is 2.97. The topological polar surface area (TPSA) is 121 Å². The largest absolute Gasteiger partial charge is 0.394 e. The summed E-state index contributed by atoms with van der Waals surface area (Å²) in [5.41, 5.74) is -4.16. The van der Waals surface area contributed by atoms with Gasteiger partial charge in [0.15, 0.2) is 0 Å². The lowest BCUT2D eigenvalue weighted by Crippen LogP contribution is -2.65. The van der Waals surface area contributed by atoms with Gasteiger partial charge in [-0.05, 0) is 20.8 Å². The zero-order chi connectivity index (χ0) is 12.4. The lowest BCUT2D eigenvalue weighted by molar-refractivity contribution is -0.238. The Labute approximate surface area is 88.4 Å². The van der Waals surface area contributed by atoms with Crippen LogP contribution in [-0.2, 0) is 0 Å². The first-order valence-corrected chi connectivity index (χ1v) is 4.68. The fourth-order valence-electron chi connectivity index (χ4n) is 1.20. The Morgan fingerprint density at radius 3 is 1.67 bits per heavy atom. The molecular formula is C9H20O6. The van der Waals surface area contributed by atoms with Gasteiger partial charge in [0.25, 0.3) is 0 Å². The van der Waals surface area contributed by atoms with Crippen molar-refractivity contribution in [3.8, 4) is 0 Å². The van der Waals surface area contributed by atoms with E-state index in [4.69, 9.17) is 10.2 Å². The molecule has 6 heteroatoms. The van der Waals surface area contributed by atoms with Crippen LogP contribution in [0.2, 0.25) is 0 Å². The van der Waals surface area contributed by atoms with Gasteiger partial charge >= 0.3 is 0 Å². The number of hydrogen-bond acceptors (Lipinski definition) is 6. The highest BCUT2D eigenvalue weighted by molar-refractivity contribution is 5.03. The summed E-state index contributed by atoms with van der Waals surface area (Å²) in [6.07, 6.45) is -4.68. The van der Waals surface area contributed by atoms with Gasteiger partial charge in [0.05, 0.1) is 12.7 Å². The van der Waals surface area contributed by atoms with E-state index in [0.29, 0.717) is 0 Å². The Hall–Kier alpha value is -0.240. The van der Waals surface area contributed by atoms with Crippen molar-refractivity contribution < 1.29 is 30.6 Å². The van der Waals surface area contributed by atoms with Crippen molar-refractivity contribution in [1.82, 2.24) is 0 Å². The predicted molar refractivity (Wildman–Crippen MR) is 52.0 cm³/mol. The SMILES string of the molecule is CC(O)[C@@](C)(O)[C@](C)(O)[C@H](O)[C@@H](O)CO. The Morgan fingerprint density at radius 1 is 1.00 bits per heavy atom. The van der Waals surface area contributed by atoms with Crippen LogP contribution in [0.3, 0.4) is 0 Å². The molecule has 0 aliphatic carbocycles. The third-order valence-electron chi connectivity index (χ3n) is 2.97. The minimum Gasteiger partial charge on any atom is -0.394 e. The van der Waals surface area contributed by atoms with Gasteiger partial charge in [-0.15, -0.1) is 0 Å². The molecule has 6 N–H and O–H groups in total. The highest BCUT2D eigenvalue weighted by Crippen LogP contribution is 2.30. The molecule has 92 valence electrons. The van der Waals surface area contributed by atoms with Gasteiger partial charge < -0.3 is 30.6 Å². The first-order chi connectivity index (χ1) is 6.59. The standard InChI is InChI=1S/C9H20O6/c1-5(11)8(2,14)9(3,15)7(13)6(12)4-10/h5-7,10-15H,4H2,1-3H3/t5?,6-,7+,8+,9+/m0/s1. The molecule has 0 aliphatic rings. The minimum atomic E-state index is -2.15. The third kappa shape index (κ3) is 2.66. The van der Waals surface area contributed by atoms with E-state index in [0.717, 1.165) is 13.8 Å². The van der Waals surface area contributed by atoms with Crippen LogP contribution in [0.4, 0.5) is 0 Å². The summed E-state index contributed by atoms with van der Waals surface area (Å²) in [4.78, 5) is 0. The van der Waals surface area contributed by atoms with Gasteiger partial charge in [-0.1, -0.05) is 0 Å². The normalized spacial score (nSPS) is 26.2. The lowest BCUT2D eigenvalue weighted by atomic mass is 9.76. The minimum absolute atomic E-state index is 0.757. The number of hydrogen-bond donors (Lipinski definition) is 6. The Bertz CT molecular complexity index is 201. The number of aliphatic hydroxyl groups is 6. The molecule has 0 saturated carbocycles. The number of rotatable bonds is 5. The average molecular weight is 224 g/mol. The van der Waals surface area contributed by atoms with E-state index in [1.807, 2.05) is 0 Å². The van der Waals surface area contributed by atoms with E-state index in [1.165, 1.54) is 6.92 Å². The van der Waals surface area contributed by atoms with Gasteiger partial charge in [0.1, 0.15) is 23.4 Å². The summed E-state index contributed by atoms with van der Waals surface area (Å²) in [5, 5.41) is 56.1. The molecule has 15 heavy (non-hydrogen) atoms. The molecule has 1 unspecified atom stereocenters. The quantitative estimate of drug-likeness (QED) is 0.309. The van der Waals surface area contributed by atoms with Crippen molar-refractivity contribution >= 4 is 0 Å². The first kappa shape index (κ1) is 14.8. The molecule has 0 heterocycles. The molecule has 0 aromatic rings. The average Bonchev–Trinajstić information content (AvgIpc) is 2.14. The summed E-state index contributed by atoms with van der Waals surface area (Å²) >= 11 is 0. The molecule has 0 aromatic heterocycles. The van der Waals surface area contributed by atoms with E-state index >= 15 is 0 Å². The van der Waals surface area contributed by atoms with Crippen molar-refractivity contribution in [3.63, 3.8) is 0 Å². The summed E-state index contributed by atoms with van der Waals surface area (Å²) < 4.78 is 0. The van der Waals surface area contributed by atoms with E-state index in [1.54, 1.807) is 0 Å². The summed E-state index contributed by atoms with van der Waals surface area (Å²) in [7, 11) is 0. The summed E-state index contributed by atoms with van der Waals surface area (Å²) in [6.45, 7) is 2.69. The Kier molecular flexibility index (Phi) is 4.66. The van der Waals surface area contributed by atoms with Crippen molar-refractivity contribution in [2.45, 2.75) is 50.3 Å². The van der Waals surface area contributed by atoms with Crippen molar-refractivity contribution in [1.29, 1.82) is 0 Å². The van der Waals surface area contributed by atoms with Crippen LogP contribution in [-0.4, -0.2) is 66.8 Å². The van der Waals surface area contributed by atoms with Gasteiger partial charge in [-0.2, -0.15) is 0 Å². The van der Waals surface area contributed by atoms with Crippen molar-refractivity contribution in [3.05, 3.63) is 0 Å². The van der Waals surface area contributed by atoms with Gasteiger partial charge in [-0.3, -0.25) is 0 Å². The molecule has 0 rings (SSSR count). The van der Waals surface area contributed by atoms with Crippen LogP contribution >= 0.6 is 0 Å². The van der Waals surface area contributed by atoms with Gasteiger partial charge in [0, 0.05) is 0 Å². The second-order valence-corrected chi connectivity index (χ2v) is 4.17. The molecule has 0 spiro atoms. The molecule has 0 amide bonds. The molecule has 6 nitrogen and oxygen atoms in total. The highest BCUT2D eigenvalue weighted by Gasteiger charge is 2.52. The van der Waals surface area contributed by atoms with E-state index in [9.17, 15) is 20.4 Å². The fraction of sp³-hybridized carbons (Fsp3) is 1.00. The zero-order valence-corrected chi connectivity index (χ0v) is 9.12. The molecule has 5 atom stereocenters. The predicted octanol–water partition coefficient (Wildman–Crippen LogP) is -2.42. The molecule has 0 aromatic carbocycles. The second kappa shape index (κ2) is 4.73. The van der Waals surface area contributed by atoms with Crippen LogP contribution in [0.5, 0.6) is 0 Å². The molecule has 0 saturated heterocycles. The van der Waals surface area contributed by atoms with Crippen molar-refractivity contribution in [2.75, 3.05) is 6.61 Å². The monoisotopic (exact) mass is 224 g/mol. The maximum absolute atomic E-state index is 9.85. The van der Waals surface area contributed by atoms with Gasteiger partial charge in [0.2, 0.25) is 0 Å². The van der Waals surface area contributed by atoms with Crippen molar-refractivity contribution in [2.24, 2.45) is 0 Å². The number of aliphatic hydroxyl groups excluding tert-OH is 4. The zero-order valence-electron chi connectivity index (χ0n) is 9.12. The molecule has 0 fully saturated rings. The summed E-state index contributed by atoms with van der Waals surface area (Å²) in [6, 6.07) is 0. The Morgan fingerprint density at radius 2 is 1.40 bits per heavy atom. The fourth-order valence-corrected chi connectivity index (χ4v) is 1.20. The van der Waals surface area contributed by atoms with Crippen LogP contribution in [0.15, 0.2) is 0 Å². The second-order valence-electron chi connectivity index (χ2n) is 4.17. The van der Waals surface area contributed by atoms with Crippen LogP contribution in [0.25, 0.3) is 0 Å². The lowest BCUT2D eigenvalue weighted by Gasteiger charge is -2.44. The maximum Gasteiger partial charge on any atom is 0.121 e. The van der Waals surface area contributed by atoms with Crippen LogP contribution in [0, 0.1) is 0 Å². The van der Waals surface area contributed by atoms with E-state index < -0.39 is 36.1 Å². The first-order valence-electron chi connectivity index (χ1n) is 4.68. The Balaban J connectivity index is 4.95. The van der Waals surface area contributed by atoms with E-state index in [2.05, 4.69) is 0 Å². The highest BCUT2D eigenvalue weighted by atomic mass is 16.4. The molecular weight excluding hydrogens is 204 g/mol. The van der Waals surface area contributed by atoms with Crippen LogP contribution in [0.1, 0.15) is 20.8 Å². The van der Waals surface area contributed by atoms with Crippen LogP contribution < -0.4 is 0 Å². The molecule has 0 aliphatic heterocycles. The summed E-state index contributed by atoms with van der Waals surface area (Å²) in [5.74, 6) is 0. The molecule has 0 bridgehead atoms. The van der Waals surface area contributed by atoms with Gasteiger partial charge in [-0.25, -0.2) is 0 Å².